The van der Waals surface area contributed by atoms with Crippen molar-refractivity contribution in [1.82, 2.24) is 10.2 Å². The van der Waals surface area contributed by atoms with Gasteiger partial charge in [-0.05, 0) is 38.7 Å². The third-order valence-corrected chi connectivity index (χ3v) is 2.99. The van der Waals surface area contributed by atoms with Crippen LogP contribution < -0.4 is 5.32 Å². The molecule has 1 aromatic carbocycles. The lowest BCUT2D eigenvalue weighted by atomic mass is 10.0. The minimum Gasteiger partial charge on any atom is -0.310 e. The zero-order valence-electron chi connectivity index (χ0n) is 10.7. The number of benzene rings is 1. The van der Waals surface area contributed by atoms with E-state index in [1.54, 1.807) is 0 Å². The fourth-order valence-electron chi connectivity index (χ4n) is 1.83. The van der Waals surface area contributed by atoms with Crippen molar-refractivity contribution in [3.63, 3.8) is 0 Å². The van der Waals surface area contributed by atoms with E-state index in [0.29, 0.717) is 6.04 Å². The fraction of sp³-hybridized carbons (Fsp3) is 0.571. The molecule has 0 aliphatic carbocycles. The minimum absolute atomic E-state index is 0.486. The van der Waals surface area contributed by atoms with Crippen molar-refractivity contribution < 1.29 is 0 Å². The second-order valence-corrected chi connectivity index (χ2v) is 4.21. The molecule has 0 fully saturated rings. The molecule has 0 spiro atoms. The molecule has 0 saturated carbocycles. The van der Waals surface area contributed by atoms with E-state index < -0.39 is 0 Å². The predicted molar refractivity (Wildman–Crippen MR) is 70.6 cm³/mol. The summed E-state index contributed by atoms with van der Waals surface area (Å²) in [4.78, 5) is 2.35. The highest BCUT2D eigenvalue weighted by Gasteiger charge is 2.09. The summed E-state index contributed by atoms with van der Waals surface area (Å²) in [5.41, 5.74) is 1.40. The molecule has 0 saturated heterocycles. The minimum atomic E-state index is 0.486. The molecule has 1 N–H and O–H groups in total. The summed E-state index contributed by atoms with van der Waals surface area (Å²) in [6.07, 6.45) is 1.17. The van der Waals surface area contributed by atoms with Crippen LogP contribution in [0.25, 0.3) is 0 Å². The quantitative estimate of drug-likeness (QED) is 0.760. The fourth-order valence-corrected chi connectivity index (χ4v) is 1.83. The van der Waals surface area contributed by atoms with Crippen LogP contribution in [0.5, 0.6) is 0 Å². The number of nitrogens with zero attached hydrogens (tertiary/aromatic N) is 1. The normalized spacial score (nSPS) is 13.0. The van der Waals surface area contributed by atoms with Gasteiger partial charge in [0.05, 0.1) is 0 Å². The highest BCUT2D eigenvalue weighted by molar-refractivity contribution is 5.18. The van der Waals surface area contributed by atoms with Crippen molar-refractivity contribution in [2.45, 2.75) is 26.3 Å². The Labute approximate surface area is 99.7 Å². The Bertz CT molecular complexity index is 271. The van der Waals surface area contributed by atoms with Crippen molar-refractivity contribution in [3.8, 4) is 0 Å². The van der Waals surface area contributed by atoms with Crippen molar-refractivity contribution >= 4 is 0 Å². The van der Waals surface area contributed by atoms with Gasteiger partial charge in [0.2, 0.25) is 0 Å². The van der Waals surface area contributed by atoms with E-state index in [1.807, 2.05) is 0 Å². The van der Waals surface area contributed by atoms with Gasteiger partial charge < -0.3 is 10.2 Å². The standard InChI is InChI=1S/C14H24N2/c1-4-15-14(11-12-16(3)5-2)13-9-7-6-8-10-13/h6-10,14-15H,4-5,11-12H2,1-3H3. The molecule has 16 heavy (non-hydrogen) atoms. The highest BCUT2D eigenvalue weighted by atomic mass is 15.1. The molecular formula is C14H24N2. The van der Waals surface area contributed by atoms with Crippen LogP contribution in [-0.4, -0.2) is 31.6 Å². The molecule has 0 amide bonds. The summed E-state index contributed by atoms with van der Waals surface area (Å²) in [6.45, 7) is 7.65. The molecule has 0 aliphatic rings. The molecule has 1 atom stereocenters. The summed E-state index contributed by atoms with van der Waals surface area (Å²) >= 11 is 0. The van der Waals surface area contributed by atoms with Crippen molar-refractivity contribution in [2.75, 3.05) is 26.7 Å². The molecule has 0 heterocycles. The van der Waals surface area contributed by atoms with Crippen LogP contribution in [-0.2, 0) is 0 Å². The van der Waals surface area contributed by atoms with Gasteiger partial charge >= 0.3 is 0 Å². The Morgan fingerprint density at radius 3 is 2.44 bits per heavy atom. The van der Waals surface area contributed by atoms with Crippen LogP contribution in [0.2, 0.25) is 0 Å². The van der Waals surface area contributed by atoms with E-state index in [-0.39, 0.29) is 0 Å². The van der Waals surface area contributed by atoms with Gasteiger partial charge in [-0.3, -0.25) is 0 Å². The lowest BCUT2D eigenvalue weighted by Crippen LogP contribution is -2.27. The van der Waals surface area contributed by atoms with E-state index in [4.69, 9.17) is 0 Å². The van der Waals surface area contributed by atoms with Gasteiger partial charge in [0.25, 0.3) is 0 Å². The van der Waals surface area contributed by atoms with Crippen LogP contribution in [0.1, 0.15) is 31.9 Å². The summed E-state index contributed by atoms with van der Waals surface area (Å²) in [5, 5.41) is 3.55. The first-order valence-electron chi connectivity index (χ1n) is 6.24. The molecule has 1 unspecified atom stereocenters. The average molecular weight is 220 g/mol. The van der Waals surface area contributed by atoms with Crippen LogP contribution >= 0.6 is 0 Å². The zero-order chi connectivity index (χ0) is 11.8. The maximum Gasteiger partial charge on any atom is 0.0332 e. The van der Waals surface area contributed by atoms with Gasteiger partial charge in [0.1, 0.15) is 0 Å². The van der Waals surface area contributed by atoms with E-state index in [0.717, 1.165) is 19.6 Å². The summed E-state index contributed by atoms with van der Waals surface area (Å²) in [5.74, 6) is 0. The molecular weight excluding hydrogens is 196 g/mol. The molecule has 0 aliphatic heterocycles. The van der Waals surface area contributed by atoms with Crippen LogP contribution in [0, 0.1) is 0 Å². The molecule has 0 radical (unpaired) electrons. The van der Waals surface area contributed by atoms with Crippen molar-refractivity contribution in [3.05, 3.63) is 35.9 Å². The SMILES string of the molecule is CCNC(CCN(C)CC)c1ccccc1. The number of hydrogen-bond donors (Lipinski definition) is 1. The van der Waals surface area contributed by atoms with Crippen molar-refractivity contribution in [1.29, 1.82) is 0 Å². The monoisotopic (exact) mass is 220 g/mol. The average Bonchev–Trinajstić information content (AvgIpc) is 2.35. The smallest absolute Gasteiger partial charge is 0.0332 e. The van der Waals surface area contributed by atoms with Crippen LogP contribution in [0.15, 0.2) is 30.3 Å². The van der Waals surface area contributed by atoms with Gasteiger partial charge in [0.15, 0.2) is 0 Å². The maximum atomic E-state index is 3.55. The van der Waals surface area contributed by atoms with Gasteiger partial charge in [-0.1, -0.05) is 44.2 Å². The zero-order valence-corrected chi connectivity index (χ0v) is 10.7. The Morgan fingerprint density at radius 2 is 1.88 bits per heavy atom. The Balaban J connectivity index is 2.54. The maximum absolute atomic E-state index is 3.55. The number of hydrogen-bond acceptors (Lipinski definition) is 2. The van der Waals surface area contributed by atoms with Crippen molar-refractivity contribution in [2.24, 2.45) is 0 Å². The predicted octanol–water partition coefficient (Wildman–Crippen LogP) is 2.68. The van der Waals surface area contributed by atoms with E-state index in [2.05, 4.69) is 61.4 Å². The molecule has 0 aromatic heterocycles. The molecule has 2 nitrogen and oxygen atoms in total. The Kier molecular flexibility index (Phi) is 6.12. The third kappa shape index (κ3) is 4.33. The second-order valence-electron chi connectivity index (χ2n) is 4.21. The topological polar surface area (TPSA) is 15.3 Å². The summed E-state index contributed by atoms with van der Waals surface area (Å²) in [6, 6.07) is 11.2. The second kappa shape index (κ2) is 7.42. The van der Waals surface area contributed by atoms with Gasteiger partial charge in [-0.2, -0.15) is 0 Å². The van der Waals surface area contributed by atoms with Crippen LogP contribution in [0.4, 0.5) is 0 Å². The summed E-state index contributed by atoms with van der Waals surface area (Å²) in [7, 11) is 2.17. The van der Waals surface area contributed by atoms with Gasteiger partial charge in [-0.15, -0.1) is 0 Å². The molecule has 0 bridgehead atoms. The number of rotatable bonds is 7. The molecule has 1 rings (SSSR count). The first-order valence-corrected chi connectivity index (χ1v) is 6.24. The first kappa shape index (κ1) is 13.2. The lowest BCUT2D eigenvalue weighted by molar-refractivity contribution is 0.322. The number of nitrogens with one attached hydrogen (secondary N) is 1. The Hall–Kier alpha value is -0.860. The highest BCUT2D eigenvalue weighted by Crippen LogP contribution is 2.16. The third-order valence-electron chi connectivity index (χ3n) is 2.99. The molecule has 2 heteroatoms. The molecule has 90 valence electrons. The van der Waals surface area contributed by atoms with Gasteiger partial charge in [0, 0.05) is 6.04 Å². The lowest BCUT2D eigenvalue weighted by Gasteiger charge is -2.21. The van der Waals surface area contributed by atoms with Gasteiger partial charge in [-0.25, -0.2) is 0 Å². The first-order chi connectivity index (χ1) is 7.77. The largest absolute Gasteiger partial charge is 0.310 e. The van der Waals surface area contributed by atoms with E-state index in [9.17, 15) is 0 Å². The summed E-state index contributed by atoms with van der Waals surface area (Å²) < 4.78 is 0. The van der Waals surface area contributed by atoms with Crippen LogP contribution in [0.3, 0.4) is 0 Å². The van der Waals surface area contributed by atoms with E-state index in [1.165, 1.54) is 12.0 Å². The molecule has 1 aromatic rings. The van der Waals surface area contributed by atoms with E-state index >= 15 is 0 Å². The Morgan fingerprint density at radius 1 is 1.19 bits per heavy atom.